The molecule has 0 aromatic heterocycles. The van der Waals surface area contributed by atoms with Crippen LogP contribution in [-0.2, 0) is 0 Å². The Hall–Kier alpha value is -1.99. The molecule has 0 aromatic rings. The van der Waals surface area contributed by atoms with E-state index in [1.807, 2.05) is 0 Å². The molecule has 0 radical (unpaired) electrons. The molecule has 0 bridgehead atoms. The van der Waals surface area contributed by atoms with E-state index in [0.29, 0.717) is 0 Å². The summed E-state index contributed by atoms with van der Waals surface area (Å²) in [6, 6.07) is -0.812. The van der Waals surface area contributed by atoms with E-state index in [1.165, 1.54) is 0 Å². The zero-order valence-corrected chi connectivity index (χ0v) is 5.37. The fourth-order valence-electron chi connectivity index (χ4n) is 0.133. The van der Waals surface area contributed by atoms with E-state index in [0.717, 1.165) is 0 Å². The first-order valence-corrected chi connectivity index (χ1v) is 2.18. The van der Waals surface area contributed by atoms with Gasteiger partial charge >= 0.3 is 12.2 Å². The van der Waals surface area contributed by atoms with Gasteiger partial charge in [0.25, 0.3) is 0 Å². The van der Waals surface area contributed by atoms with E-state index < -0.39 is 18.1 Å². The second-order valence-electron chi connectivity index (χ2n) is 1.19. The summed E-state index contributed by atoms with van der Waals surface area (Å²) in [4.78, 5) is 18.3. The van der Waals surface area contributed by atoms with Gasteiger partial charge in [0.05, 0.1) is 0 Å². The lowest BCUT2D eigenvalue weighted by molar-refractivity contribution is 0.137. The molecule has 0 fully saturated rings. The van der Waals surface area contributed by atoms with Crippen LogP contribution in [0.4, 0.5) is 9.59 Å². The molecule has 11 heavy (non-hydrogen) atoms. The van der Waals surface area contributed by atoms with Crippen LogP contribution in [0.3, 0.4) is 0 Å². The van der Waals surface area contributed by atoms with E-state index in [4.69, 9.17) is 20.4 Å². The molecule has 0 aliphatic carbocycles. The van der Waals surface area contributed by atoms with E-state index in [9.17, 15) is 4.79 Å². The van der Waals surface area contributed by atoms with Gasteiger partial charge in [0.15, 0.2) is 5.96 Å². The number of urea groups is 1. The number of primary amides is 1. The van der Waals surface area contributed by atoms with Crippen molar-refractivity contribution in [2.24, 2.45) is 11.5 Å². The van der Waals surface area contributed by atoms with Crippen LogP contribution in [0.2, 0.25) is 0 Å². The van der Waals surface area contributed by atoms with Crippen LogP contribution >= 0.6 is 0 Å². The molecule has 0 saturated carbocycles. The molecule has 0 spiro atoms. The van der Waals surface area contributed by atoms with Gasteiger partial charge in [-0.3, -0.25) is 10.7 Å². The molecule has 0 aliphatic heterocycles. The quantitative estimate of drug-likeness (QED) is 0.195. The molecule has 0 aromatic carbocycles. The van der Waals surface area contributed by atoms with Crippen molar-refractivity contribution >= 4 is 18.1 Å². The third-order valence-corrected chi connectivity index (χ3v) is 0.258. The van der Waals surface area contributed by atoms with E-state index in [-0.39, 0.29) is 0 Å². The van der Waals surface area contributed by atoms with Gasteiger partial charge in [-0.05, 0) is 0 Å². The molecule has 8 nitrogen and oxygen atoms in total. The Morgan fingerprint density at radius 1 is 1.27 bits per heavy atom. The maximum Gasteiger partial charge on any atom is 0.503 e. The molecule has 0 saturated heterocycles. The topological polar surface area (TPSA) is 163 Å². The molecule has 8 N–H and O–H groups in total. The summed E-state index contributed by atoms with van der Waals surface area (Å²) < 4.78 is 0. The van der Waals surface area contributed by atoms with Crippen LogP contribution in [-0.4, -0.2) is 28.4 Å². The predicted molar refractivity (Wildman–Crippen MR) is 35.3 cm³/mol. The van der Waals surface area contributed by atoms with Crippen molar-refractivity contribution in [3.05, 3.63) is 0 Å². The Bertz CT molecular complexity index is 151. The largest absolute Gasteiger partial charge is 0.503 e. The average molecular weight is 164 g/mol. The van der Waals surface area contributed by atoms with Crippen LogP contribution < -0.4 is 16.8 Å². The molecular formula is C3H8N4O4. The van der Waals surface area contributed by atoms with Gasteiger partial charge in [-0.1, -0.05) is 0 Å². The minimum atomic E-state index is -1.83. The molecule has 0 atom stereocenters. The maximum atomic E-state index is 9.70. The molecule has 64 valence electrons. The summed E-state index contributed by atoms with van der Waals surface area (Å²) in [7, 11) is 0. The molecule has 2 amide bonds. The maximum absolute atomic E-state index is 9.70. The van der Waals surface area contributed by atoms with Crippen molar-refractivity contribution in [3.63, 3.8) is 0 Å². The second-order valence-corrected chi connectivity index (χ2v) is 1.19. The Labute approximate surface area is 61.3 Å². The molecular weight excluding hydrogens is 156 g/mol. The Kier molecular flexibility index (Phi) is 6.56. The minimum Gasteiger partial charge on any atom is -0.450 e. The summed E-state index contributed by atoms with van der Waals surface area (Å²) in [5.74, 6) is -0.437. The molecule has 0 rings (SSSR count). The molecule has 0 unspecified atom stereocenters. The van der Waals surface area contributed by atoms with Crippen molar-refractivity contribution in [2.45, 2.75) is 0 Å². The fraction of sp³-hybridized carbons (Fsp3) is 0. The van der Waals surface area contributed by atoms with E-state index >= 15 is 0 Å². The highest BCUT2D eigenvalue weighted by atomic mass is 16.6. The number of nitrogens with one attached hydrogen (secondary N) is 2. The summed E-state index contributed by atoms with van der Waals surface area (Å²) in [5, 5.41) is 22.1. The van der Waals surface area contributed by atoms with Crippen molar-refractivity contribution < 1.29 is 19.8 Å². The molecule has 0 aliphatic rings. The second kappa shape index (κ2) is 6.13. The highest BCUT2D eigenvalue weighted by molar-refractivity contribution is 5.92. The number of carboxylic acid groups (broad SMARTS) is 2. The van der Waals surface area contributed by atoms with Crippen LogP contribution in [0, 0.1) is 5.41 Å². The predicted octanol–water partition coefficient (Wildman–Crippen LogP) is -1.23. The number of nitrogens with two attached hydrogens (primary N) is 2. The highest BCUT2D eigenvalue weighted by Crippen LogP contribution is 1.48. The lowest BCUT2D eigenvalue weighted by Gasteiger charge is -1.91. The van der Waals surface area contributed by atoms with Crippen molar-refractivity contribution in [1.29, 1.82) is 5.41 Å². The molecule has 0 heterocycles. The average Bonchev–Trinajstić information content (AvgIpc) is 1.56. The number of carbonyl (C=O) groups is 2. The summed E-state index contributed by atoms with van der Waals surface area (Å²) in [6.07, 6.45) is -1.83. The summed E-state index contributed by atoms with van der Waals surface area (Å²) >= 11 is 0. The van der Waals surface area contributed by atoms with Crippen molar-refractivity contribution in [3.8, 4) is 0 Å². The standard InChI is InChI=1S/C2H6N4O.CH2O3/c3-1(4)6-2(5)7;2-1(3)4/h(H6,3,4,5,6,7);(H2,2,3,4). The van der Waals surface area contributed by atoms with Crippen molar-refractivity contribution in [2.75, 3.05) is 0 Å². The molecule has 8 heteroatoms. The lowest BCUT2D eigenvalue weighted by atomic mass is 10.9. The number of hydrogen-bond acceptors (Lipinski definition) is 3. The van der Waals surface area contributed by atoms with Crippen LogP contribution in [0.5, 0.6) is 0 Å². The zero-order chi connectivity index (χ0) is 9.44. The van der Waals surface area contributed by atoms with Crippen LogP contribution in [0.1, 0.15) is 0 Å². The monoisotopic (exact) mass is 164 g/mol. The van der Waals surface area contributed by atoms with Gasteiger partial charge < -0.3 is 21.7 Å². The Balaban J connectivity index is 0. The number of carbonyl (C=O) groups excluding carboxylic acids is 1. The third kappa shape index (κ3) is 71.6. The first-order chi connectivity index (χ1) is 4.86. The smallest absolute Gasteiger partial charge is 0.450 e. The van der Waals surface area contributed by atoms with Gasteiger partial charge in [0.2, 0.25) is 0 Å². The first-order valence-electron chi connectivity index (χ1n) is 2.18. The third-order valence-electron chi connectivity index (χ3n) is 0.258. The van der Waals surface area contributed by atoms with Gasteiger partial charge in [0, 0.05) is 0 Å². The number of amides is 2. The van der Waals surface area contributed by atoms with Gasteiger partial charge in [-0.15, -0.1) is 0 Å². The van der Waals surface area contributed by atoms with Crippen molar-refractivity contribution in [1.82, 2.24) is 5.32 Å². The number of hydrogen-bond donors (Lipinski definition) is 6. The Morgan fingerprint density at radius 3 is 1.55 bits per heavy atom. The van der Waals surface area contributed by atoms with Crippen LogP contribution in [0.15, 0.2) is 0 Å². The van der Waals surface area contributed by atoms with Gasteiger partial charge in [-0.25, -0.2) is 9.59 Å². The zero-order valence-electron chi connectivity index (χ0n) is 5.37. The summed E-state index contributed by atoms with van der Waals surface area (Å²) in [6.45, 7) is 0. The normalized spacial score (nSPS) is 6.91. The fourth-order valence-corrected chi connectivity index (χ4v) is 0.133. The van der Waals surface area contributed by atoms with Crippen LogP contribution in [0.25, 0.3) is 0 Å². The minimum absolute atomic E-state index is 0.437. The number of rotatable bonds is 0. The Morgan fingerprint density at radius 2 is 1.55 bits per heavy atom. The highest BCUT2D eigenvalue weighted by Gasteiger charge is 1.88. The first kappa shape index (κ1) is 11.8. The van der Waals surface area contributed by atoms with Gasteiger partial charge in [-0.2, -0.15) is 0 Å². The lowest BCUT2D eigenvalue weighted by Crippen LogP contribution is -2.39. The summed E-state index contributed by atoms with van der Waals surface area (Å²) in [5.41, 5.74) is 9.19. The van der Waals surface area contributed by atoms with E-state index in [1.54, 1.807) is 5.32 Å². The SMILES string of the molecule is N=C(N)NC(N)=O.O=C(O)O. The van der Waals surface area contributed by atoms with Gasteiger partial charge in [0.1, 0.15) is 0 Å². The number of guanidine groups is 1. The van der Waals surface area contributed by atoms with E-state index in [2.05, 4.69) is 11.5 Å².